The molecule has 1 heterocycles. The van der Waals surface area contributed by atoms with Gasteiger partial charge in [-0.05, 0) is 19.9 Å². The van der Waals surface area contributed by atoms with E-state index in [-0.39, 0.29) is 0 Å². The largest absolute Gasteiger partial charge is 0.480 e. The molecule has 1 aromatic rings. The Kier molecular flexibility index (Phi) is 5.27. The predicted molar refractivity (Wildman–Crippen MR) is 70.0 cm³/mol. The van der Waals surface area contributed by atoms with Crippen molar-refractivity contribution < 1.29 is 14.6 Å². The summed E-state index contributed by atoms with van der Waals surface area (Å²) < 4.78 is 4.88. The van der Waals surface area contributed by atoms with Crippen molar-refractivity contribution in [3.05, 3.63) is 23.0 Å². The summed E-state index contributed by atoms with van der Waals surface area (Å²) in [7, 11) is 1.51. The standard InChI is InChI=1S/C13H17N3O3/c1-8-6-12(10(7-14)9(2)15-8)16-11(13(17)18)4-5-19-3/h6,11H,4-5H2,1-3H3,(H,15,16)(H,17,18). The van der Waals surface area contributed by atoms with Crippen LogP contribution in [-0.2, 0) is 9.53 Å². The number of aromatic nitrogens is 1. The highest BCUT2D eigenvalue weighted by Gasteiger charge is 2.19. The first kappa shape index (κ1) is 14.9. The zero-order chi connectivity index (χ0) is 14.4. The number of nitriles is 1. The van der Waals surface area contributed by atoms with Crippen LogP contribution < -0.4 is 5.32 Å². The molecular formula is C13H17N3O3. The molecule has 0 amide bonds. The van der Waals surface area contributed by atoms with Gasteiger partial charge in [0.05, 0.1) is 16.9 Å². The zero-order valence-corrected chi connectivity index (χ0v) is 11.2. The molecule has 1 atom stereocenters. The van der Waals surface area contributed by atoms with E-state index in [9.17, 15) is 4.79 Å². The van der Waals surface area contributed by atoms with Crippen molar-refractivity contribution in [2.24, 2.45) is 0 Å². The highest BCUT2D eigenvalue weighted by Crippen LogP contribution is 2.20. The van der Waals surface area contributed by atoms with Gasteiger partial charge in [-0.25, -0.2) is 4.79 Å². The number of ether oxygens (including phenoxy) is 1. The second kappa shape index (κ2) is 6.71. The van der Waals surface area contributed by atoms with Crippen LogP contribution in [0.15, 0.2) is 6.07 Å². The molecule has 0 aliphatic carbocycles. The van der Waals surface area contributed by atoms with E-state index in [0.717, 1.165) is 5.69 Å². The van der Waals surface area contributed by atoms with E-state index in [1.165, 1.54) is 7.11 Å². The third-order valence-corrected chi connectivity index (χ3v) is 2.68. The van der Waals surface area contributed by atoms with Crippen molar-refractivity contribution in [3.8, 4) is 6.07 Å². The molecule has 0 fully saturated rings. The molecule has 1 unspecified atom stereocenters. The second-order valence-corrected chi connectivity index (χ2v) is 4.20. The minimum absolute atomic E-state index is 0.317. The third kappa shape index (κ3) is 3.93. The predicted octanol–water partition coefficient (Wildman–Crippen LogP) is 1.47. The molecule has 2 N–H and O–H groups in total. The maximum absolute atomic E-state index is 11.2. The Balaban J connectivity index is 3.02. The molecule has 0 radical (unpaired) electrons. The van der Waals surface area contributed by atoms with Crippen molar-refractivity contribution in [2.75, 3.05) is 19.0 Å². The van der Waals surface area contributed by atoms with Gasteiger partial charge in [-0.1, -0.05) is 0 Å². The van der Waals surface area contributed by atoms with E-state index in [1.807, 2.05) is 6.07 Å². The van der Waals surface area contributed by atoms with Crippen LogP contribution in [0.2, 0.25) is 0 Å². The summed E-state index contributed by atoms with van der Waals surface area (Å²) >= 11 is 0. The highest BCUT2D eigenvalue weighted by atomic mass is 16.5. The van der Waals surface area contributed by atoms with E-state index in [0.29, 0.717) is 30.0 Å². The quantitative estimate of drug-likeness (QED) is 0.807. The molecule has 1 aromatic heterocycles. The molecule has 0 aliphatic heterocycles. The number of aryl methyl sites for hydroxylation is 2. The van der Waals surface area contributed by atoms with Gasteiger partial charge in [-0.3, -0.25) is 4.98 Å². The first-order valence-electron chi connectivity index (χ1n) is 5.86. The van der Waals surface area contributed by atoms with E-state index in [4.69, 9.17) is 15.1 Å². The lowest BCUT2D eigenvalue weighted by Gasteiger charge is -2.17. The van der Waals surface area contributed by atoms with Crippen LogP contribution in [0.3, 0.4) is 0 Å². The number of carboxylic acid groups (broad SMARTS) is 1. The number of methoxy groups -OCH3 is 1. The summed E-state index contributed by atoms with van der Waals surface area (Å²) in [6.45, 7) is 3.85. The molecule has 0 spiro atoms. The van der Waals surface area contributed by atoms with Crippen molar-refractivity contribution in [2.45, 2.75) is 26.3 Å². The molecule has 6 nitrogen and oxygen atoms in total. The van der Waals surface area contributed by atoms with Crippen LogP contribution in [0, 0.1) is 25.2 Å². The van der Waals surface area contributed by atoms with Gasteiger partial charge >= 0.3 is 5.97 Å². The van der Waals surface area contributed by atoms with Crippen LogP contribution in [0.5, 0.6) is 0 Å². The maximum Gasteiger partial charge on any atom is 0.326 e. The Labute approximate surface area is 112 Å². The van der Waals surface area contributed by atoms with Crippen molar-refractivity contribution in [3.63, 3.8) is 0 Å². The van der Waals surface area contributed by atoms with Crippen molar-refractivity contribution in [1.82, 2.24) is 4.98 Å². The Morgan fingerprint density at radius 2 is 2.32 bits per heavy atom. The highest BCUT2D eigenvalue weighted by molar-refractivity contribution is 5.78. The lowest BCUT2D eigenvalue weighted by Crippen LogP contribution is -2.31. The first-order valence-corrected chi connectivity index (χ1v) is 5.86. The molecule has 6 heteroatoms. The Morgan fingerprint density at radius 3 is 2.84 bits per heavy atom. The SMILES string of the molecule is COCCC(Nc1cc(C)nc(C)c1C#N)C(=O)O. The fraction of sp³-hybridized carbons (Fsp3) is 0.462. The number of hydrogen-bond donors (Lipinski definition) is 2. The van der Waals surface area contributed by atoms with E-state index >= 15 is 0 Å². The topological polar surface area (TPSA) is 95.2 Å². The van der Waals surface area contributed by atoms with Crippen LogP contribution in [-0.4, -0.2) is 35.8 Å². The number of aliphatic carboxylic acids is 1. The van der Waals surface area contributed by atoms with Gasteiger partial charge in [0.15, 0.2) is 0 Å². The number of rotatable bonds is 6. The van der Waals surface area contributed by atoms with Gasteiger partial charge in [-0.15, -0.1) is 0 Å². The lowest BCUT2D eigenvalue weighted by atomic mass is 10.1. The fourth-order valence-corrected chi connectivity index (χ4v) is 1.76. The first-order chi connectivity index (χ1) is 8.99. The summed E-state index contributed by atoms with van der Waals surface area (Å²) in [5.41, 5.74) is 2.18. The van der Waals surface area contributed by atoms with Crippen LogP contribution in [0.25, 0.3) is 0 Å². The summed E-state index contributed by atoms with van der Waals surface area (Å²) in [4.78, 5) is 15.3. The van der Waals surface area contributed by atoms with Gasteiger partial charge in [-0.2, -0.15) is 5.26 Å². The van der Waals surface area contributed by atoms with Crippen LogP contribution in [0.1, 0.15) is 23.4 Å². The number of carboxylic acids is 1. The molecule has 0 aromatic carbocycles. The molecule has 102 valence electrons. The minimum Gasteiger partial charge on any atom is -0.480 e. The average molecular weight is 263 g/mol. The van der Waals surface area contributed by atoms with Crippen molar-refractivity contribution in [1.29, 1.82) is 5.26 Å². The van der Waals surface area contributed by atoms with E-state index in [1.54, 1.807) is 19.9 Å². The Hall–Kier alpha value is -2.13. The summed E-state index contributed by atoms with van der Waals surface area (Å²) in [6.07, 6.45) is 0.317. The summed E-state index contributed by atoms with van der Waals surface area (Å²) in [6, 6.07) is 2.92. The second-order valence-electron chi connectivity index (χ2n) is 4.20. The molecule has 1 rings (SSSR count). The minimum atomic E-state index is -0.979. The molecule has 0 aliphatic rings. The molecular weight excluding hydrogens is 246 g/mol. The number of pyridine rings is 1. The lowest BCUT2D eigenvalue weighted by molar-refractivity contribution is -0.138. The number of hydrogen-bond acceptors (Lipinski definition) is 5. The Bertz CT molecular complexity index is 509. The monoisotopic (exact) mass is 263 g/mol. The number of anilines is 1. The Morgan fingerprint density at radius 1 is 1.63 bits per heavy atom. The van der Waals surface area contributed by atoms with Gasteiger partial charge < -0.3 is 15.2 Å². The van der Waals surface area contributed by atoms with E-state index in [2.05, 4.69) is 10.3 Å². The zero-order valence-electron chi connectivity index (χ0n) is 11.2. The molecule has 0 saturated heterocycles. The van der Waals surface area contributed by atoms with Gasteiger partial charge in [0.1, 0.15) is 12.1 Å². The van der Waals surface area contributed by atoms with Crippen LogP contribution >= 0.6 is 0 Å². The van der Waals surface area contributed by atoms with Gasteiger partial charge in [0, 0.05) is 25.8 Å². The van der Waals surface area contributed by atoms with Crippen molar-refractivity contribution >= 4 is 11.7 Å². The fourth-order valence-electron chi connectivity index (χ4n) is 1.76. The molecule has 0 bridgehead atoms. The van der Waals surface area contributed by atoms with Gasteiger partial charge in [0.25, 0.3) is 0 Å². The van der Waals surface area contributed by atoms with E-state index < -0.39 is 12.0 Å². The number of nitrogens with zero attached hydrogens (tertiary/aromatic N) is 2. The summed E-state index contributed by atoms with van der Waals surface area (Å²) in [5, 5.41) is 21.1. The number of carbonyl (C=O) groups is 1. The molecule has 19 heavy (non-hydrogen) atoms. The maximum atomic E-state index is 11.2. The average Bonchev–Trinajstić information content (AvgIpc) is 2.33. The third-order valence-electron chi connectivity index (χ3n) is 2.68. The normalized spacial score (nSPS) is 11.7. The van der Waals surface area contributed by atoms with Crippen LogP contribution in [0.4, 0.5) is 5.69 Å². The summed E-state index contributed by atoms with van der Waals surface area (Å²) in [5.74, 6) is -0.979. The number of nitrogens with one attached hydrogen (secondary N) is 1. The van der Waals surface area contributed by atoms with Gasteiger partial charge in [0.2, 0.25) is 0 Å². The molecule has 0 saturated carbocycles. The smallest absolute Gasteiger partial charge is 0.326 e.